The fourth-order valence-electron chi connectivity index (χ4n) is 4.25. The van der Waals surface area contributed by atoms with Gasteiger partial charge in [-0.15, -0.1) is 0 Å². The molecule has 0 unspecified atom stereocenters. The Labute approximate surface area is 205 Å². The zero-order valence-electron chi connectivity index (χ0n) is 19.6. The van der Waals surface area contributed by atoms with E-state index in [0.717, 1.165) is 10.2 Å². The maximum Gasteiger partial charge on any atom is 0.280 e. The van der Waals surface area contributed by atoms with Gasteiger partial charge in [0.15, 0.2) is 17.1 Å². The number of hydrogen-bond donors (Lipinski definition) is 1. The topological polar surface area (TPSA) is 113 Å². The molecule has 4 heterocycles. The van der Waals surface area contributed by atoms with Gasteiger partial charge in [0.1, 0.15) is 19.5 Å². The zero-order chi connectivity index (χ0) is 24.8. The van der Waals surface area contributed by atoms with Gasteiger partial charge in [0.2, 0.25) is 0 Å². The van der Waals surface area contributed by atoms with Crippen LogP contribution in [0.1, 0.15) is 30.2 Å². The Morgan fingerprint density at radius 2 is 1.83 bits per heavy atom. The van der Waals surface area contributed by atoms with E-state index in [1.54, 1.807) is 41.2 Å². The van der Waals surface area contributed by atoms with Crippen LogP contribution in [0.3, 0.4) is 0 Å². The van der Waals surface area contributed by atoms with E-state index in [2.05, 4.69) is 15.5 Å². The number of amides is 1. The minimum Gasteiger partial charge on any atom is -0.486 e. The van der Waals surface area contributed by atoms with Crippen molar-refractivity contribution in [3.63, 3.8) is 0 Å². The molecule has 36 heavy (non-hydrogen) atoms. The van der Waals surface area contributed by atoms with Crippen LogP contribution < -0.4 is 20.5 Å². The molecular formula is C26H22N6O4. The van der Waals surface area contributed by atoms with E-state index in [0.29, 0.717) is 57.9 Å². The van der Waals surface area contributed by atoms with Gasteiger partial charge >= 0.3 is 0 Å². The Morgan fingerprint density at radius 1 is 1.03 bits per heavy atom. The van der Waals surface area contributed by atoms with Crippen molar-refractivity contribution in [3.05, 3.63) is 77.0 Å². The average Bonchev–Trinajstić information content (AvgIpc) is 3.34. The maximum absolute atomic E-state index is 13.5. The van der Waals surface area contributed by atoms with E-state index in [1.807, 2.05) is 32.0 Å². The van der Waals surface area contributed by atoms with Crippen molar-refractivity contribution in [3.8, 4) is 22.8 Å². The maximum atomic E-state index is 13.5. The summed E-state index contributed by atoms with van der Waals surface area (Å²) in [6.07, 6.45) is 2.92. The minimum absolute atomic E-state index is 0.0220. The Morgan fingerprint density at radius 3 is 2.67 bits per heavy atom. The second kappa shape index (κ2) is 8.49. The average molecular weight is 483 g/mol. The number of carbonyl (C=O) groups excluding carboxylic acids is 1. The molecule has 10 nitrogen and oxygen atoms in total. The van der Waals surface area contributed by atoms with E-state index in [9.17, 15) is 9.59 Å². The standard InChI is InChI=1S/C26H22N6O4/c1-15(2)32-24-19(13-28-32)18(12-21(29-24)16-7-8-22-23(11-16)36-10-9-35-22)25(33)30-31-14-27-20-6-4-3-5-17(20)26(31)34/h3-8,11-15H,9-10H2,1-2H3,(H,30,33). The summed E-state index contributed by atoms with van der Waals surface area (Å²) in [6.45, 7) is 4.94. The monoisotopic (exact) mass is 482 g/mol. The van der Waals surface area contributed by atoms with Crippen LogP contribution in [0.2, 0.25) is 0 Å². The highest BCUT2D eigenvalue weighted by atomic mass is 16.6. The van der Waals surface area contributed by atoms with Gasteiger partial charge in [-0.25, -0.2) is 19.3 Å². The molecule has 0 atom stereocenters. The smallest absolute Gasteiger partial charge is 0.280 e. The van der Waals surface area contributed by atoms with Gasteiger partial charge in [0.05, 0.1) is 33.7 Å². The molecule has 0 radical (unpaired) electrons. The van der Waals surface area contributed by atoms with Gasteiger partial charge in [-0.2, -0.15) is 5.10 Å². The van der Waals surface area contributed by atoms with Gasteiger partial charge in [0.25, 0.3) is 11.5 Å². The van der Waals surface area contributed by atoms with Crippen molar-refractivity contribution in [1.82, 2.24) is 24.4 Å². The van der Waals surface area contributed by atoms with Crippen molar-refractivity contribution in [2.45, 2.75) is 19.9 Å². The van der Waals surface area contributed by atoms with Gasteiger partial charge < -0.3 is 9.47 Å². The summed E-state index contributed by atoms with van der Waals surface area (Å²) in [7, 11) is 0. The summed E-state index contributed by atoms with van der Waals surface area (Å²) in [4.78, 5) is 35.5. The van der Waals surface area contributed by atoms with E-state index < -0.39 is 5.91 Å². The number of aromatic nitrogens is 5. The molecule has 5 aromatic rings. The molecule has 1 aliphatic heterocycles. The molecule has 0 spiro atoms. The van der Waals surface area contributed by atoms with Crippen LogP contribution in [0.5, 0.6) is 11.5 Å². The number of para-hydroxylation sites is 1. The van der Waals surface area contributed by atoms with Crippen molar-refractivity contribution < 1.29 is 14.3 Å². The third kappa shape index (κ3) is 3.63. The molecule has 2 aromatic carbocycles. The van der Waals surface area contributed by atoms with Crippen molar-refractivity contribution in [2.24, 2.45) is 0 Å². The second-order valence-corrected chi connectivity index (χ2v) is 8.71. The predicted molar refractivity (Wildman–Crippen MR) is 134 cm³/mol. The van der Waals surface area contributed by atoms with Crippen LogP contribution in [0.25, 0.3) is 33.2 Å². The number of carbonyl (C=O) groups is 1. The lowest BCUT2D eigenvalue weighted by Crippen LogP contribution is -2.33. The SMILES string of the molecule is CC(C)n1ncc2c(C(=O)Nn3cnc4ccccc4c3=O)cc(-c3ccc4c(c3)OCCO4)nc21. The van der Waals surface area contributed by atoms with Gasteiger partial charge in [-0.05, 0) is 50.2 Å². The number of nitrogens with zero attached hydrogens (tertiary/aromatic N) is 5. The Hall–Kier alpha value is -4.73. The van der Waals surface area contributed by atoms with Gasteiger partial charge in [-0.3, -0.25) is 15.0 Å². The number of ether oxygens (including phenoxy) is 2. The van der Waals surface area contributed by atoms with Crippen LogP contribution in [0, 0.1) is 0 Å². The summed E-state index contributed by atoms with van der Waals surface area (Å²) in [5.41, 5.74) is 5.07. The van der Waals surface area contributed by atoms with E-state index in [1.165, 1.54) is 6.33 Å². The molecule has 0 bridgehead atoms. The normalized spacial score (nSPS) is 12.9. The van der Waals surface area contributed by atoms with Gasteiger partial charge in [-0.1, -0.05) is 12.1 Å². The number of fused-ring (bicyclic) bond motifs is 3. The van der Waals surface area contributed by atoms with E-state index in [4.69, 9.17) is 14.5 Å². The van der Waals surface area contributed by atoms with E-state index >= 15 is 0 Å². The van der Waals surface area contributed by atoms with Crippen LogP contribution in [-0.4, -0.2) is 43.5 Å². The summed E-state index contributed by atoms with van der Waals surface area (Å²) in [6, 6.07) is 14.2. The number of pyridine rings is 1. The number of nitrogens with one attached hydrogen (secondary N) is 1. The first kappa shape index (κ1) is 21.8. The zero-order valence-corrected chi connectivity index (χ0v) is 19.6. The highest BCUT2D eigenvalue weighted by Crippen LogP contribution is 2.35. The number of rotatable bonds is 4. The van der Waals surface area contributed by atoms with Crippen LogP contribution in [-0.2, 0) is 0 Å². The highest BCUT2D eigenvalue weighted by Gasteiger charge is 2.21. The molecule has 0 saturated heterocycles. The Kier molecular flexibility index (Phi) is 5.14. The fourth-order valence-corrected chi connectivity index (χ4v) is 4.25. The molecule has 1 N–H and O–H groups in total. The first-order valence-corrected chi connectivity index (χ1v) is 11.6. The highest BCUT2D eigenvalue weighted by molar-refractivity contribution is 6.10. The number of hydrogen-bond acceptors (Lipinski definition) is 7. The molecule has 0 aliphatic carbocycles. The number of benzene rings is 2. The summed E-state index contributed by atoms with van der Waals surface area (Å²) >= 11 is 0. The summed E-state index contributed by atoms with van der Waals surface area (Å²) in [5, 5.41) is 5.44. The minimum atomic E-state index is -0.483. The molecule has 0 saturated carbocycles. The first-order valence-electron chi connectivity index (χ1n) is 11.6. The molecule has 1 aliphatic rings. The lowest BCUT2D eigenvalue weighted by molar-refractivity contribution is 0.101. The fraction of sp³-hybridized carbons (Fsp3) is 0.192. The van der Waals surface area contributed by atoms with Gasteiger partial charge in [0, 0.05) is 11.6 Å². The molecule has 3 aromatic heterocycles. The third-order valence-electron chi connectivity index (χ3n) is 6.03. The molecule has 6 rings (SSSR count). The van der Waals surface area contributed by atoms with Crippen LogP contribution >= 0.6 is 0 Å². The molecular weight excluding hydrogens is 460 g/mol. The predicted octanol–water partition coefficient (Wildman–Crippen LogP) is 3.54. The second-order valence-electron chi connectivity index (χ2n) is 8.71. The van der Waals surface area contributed by atoms with Crippen LogP contribution in [0.4, 0.5) is 0 Å². The lowest BCUT2D eigenvalue weighted by atomic mass is 10.1. The quantitative estimate of drug-likeness (QED) is 0.417. The van der Waals surface area contributed by atoms with Crippen molar-refractivity contribution >= 4 is 27.8 Å². The lowest BCUT2D eigenvalue weighted by Gasteiger charge is -2.19. The Balaban J connectivity index is 1.47. The summed E-state index contributed by atoms with van der Waals surface area (Å²) in [5.74, 6) is 0.806. The summed E-state index contributed by atoms with van der Waals surface area (Å²) < 4.78 is 14.2. The molecule has 0 fully saturated rings. The van der Waals surface area contributed by atoms with E-state index in [-0.39, 0.29) is 11.6 Å². The first-order chi connectivity index (χ1) is 17.5. The van der Waals surface area contributed by atoms with Crippen molar-refractivity contribution in [2.75, 3.05) is 18.6 Å². The van der Waals surface area contributed by atoms with Crippen LogP contribution in [0.15, 0.2) is 65.8 Å². The Bertz CT molecular complexity index is 1700. The molecule has 1 amide bonds. The molecule has 10 heteroatoms. The molecule has 180 valence electrons. The third-order valence-corrected chi connectivity index (χ3v) is 6.03. The largest absolute Gasteiger partial charge is 0.486 e. The van der Waals surface area contributed by atoms with Crippen molar-refractivity contribution in [1.29, 1.82) is 0 Å².